The highest BCUT2D eigenvalue weighted by molar-refractivity contribution is 7.86. The molecule has 2 aromatic rings. The number of hydrogen-bond acceptors (Lipinski definition) is 1. The summed E-state index contributed by atoms with van der Waals surface area (Å²) in [6.07, 6.45) is 6.60. The minimum absolute atomic E-state index is 0.331. The zero-order chi connectivity index (χ0) is 14.9. The molecule has 0 aliphatic carbocycles. The van der Waals surface area contributed by atoms with Gasteiger partial charge in [0.25, 0.3) is 0 Å². The summed E-state index contributed by atoms with van der Waals surface area (Å²) in [6, 6.07) is 19.4. The van der Waals surface area contributed by atoms with Crippen molar-refractivity contribution in [3.05, 3.63) is 71.8 Å². The van der Waals surface area contributed by atoms with Crippen LogP contribution in [-0.4, -0.2) is 14.7 Å². The second-order valence-corrected chi connectivity index (χ2v) is 8.26. The van der Waals surface area contributed by atoms with Gasteiger partial charge in [0.15, 0.2) is 0 Å². The summed E-state index contributed by atoms with van der Waals surface area (Å²) in [7, 11) is -0.602. The molecule has 112 valence electrons. The number of rotatable bonds is 3. The average Bonchev–Trinajstić information content (AvgIpc) is 2.78. The lowest BCUT2D eigenvalue weighted by molar-refractivity contribution is 0.669. The standard InChI is InChI=1S/C20H20OS/c21-22-19-10-11-20(22)14-16(13-19)12-15-6-8-18(9-7-15)17-4-2-1-3-5-17/h1-9,13,19-20H,10-12,14H2. The highest BCUT2D eigenvalue weighted by Crippen LogP contribution is 2.35. The van der Waals surface area contributed by atoms with Gasteiger partial charge in [-0.1, -0.05) is 66.2 Å². The second kappa shape index (κ2) is 5.85. The lowest BCUT2D eigenvalue weighted by Gasteiger charge is -2.19. The van der Waals surface area contributed by atoms with Crippen LogP contribution in [0.4, 0.5) is 0 Å². The minimum atomic E-state index is -0.602. The molecular formula is C20H20OS. The molecule has 0 saturated carbocycles. The van der Waals surface area contributed by atoms with Gasteiger partial charge in [-0.2, -0.15) is 0 Å². The van der Waals surface area contributed by atoms with E-state index in [0.717, 1.165) is 25.7 Å². The fraction of sp³-hybridized carbons (Fsp3) is 0.300. The maximum atomic E-state index is 12.1. The first kappa shape index (κ1) is 14.0. The summed E-state index contributed by atoms with van der Waals surface area (Å²) in [6.45, 7) is 0. The van der Waals surface area contributed by atoms with E-state index in [2.05, 4.69) is 54.6 Å². The molecule has 1 nitrogen and oxygen atoms in total. The number of fused-ring (bicyclic) bond motifs is 2. The van der Waals surface area contributed by atoms with Crippen molar-refractivity contribution in [2.24, 2.45) is 0 Å². The highest BCUT2D eigenvalue weighted by Gasteiger charge is 2.35. The van der Waals surface area contributed by atoms with Crippen LogP contribution in [0.3, 0.4) is 0 Å². The minimum Gasteiger partial charge on any atom is -0.259 e. The third-order valence-electron chi connectivity index (χ3n) is 4.80. The Morgan fingerprint density at radius 1 is 0.909 bits per heavy atom. The molecule has 1 saturated heterocycles. The van der Waals surface area contributed by atoms with Crippen LogP contribution in [0.15, 0.2) is 66.2 Å². The first-order valence-corrected chi connectivity index (χ1v) is 9.30. The molecule has 2 aromatic carbocycles. The molecule has 2 heteroatoms. The Hall–Kier alpha value is -1.67. The number of hydrogen-bond donors (Lipinski definition) is 0. The Kier molecular flexibility index (Phi) is 3.71. The van der Waals surface area contributed by atoms with Crippen LogP contribution in [-0.2, 0) is 17.2 Å². The van der Waals surface area contributed by atoms with Gasteiger partial charge in [0.2, 0.25) is 0 Å². The molecule has 3 atom stereocenters. The van der Waals surface area contributed by atoms with Crippen molar-refractivity contribution in [2.75, 3.05) is 0 Å². The van der Waals surface area contributed by atoms with E-state index in [1.165, 1.54) is 22.3 Å². The van der Waals surface area contributed by atoms with E-state index in [9.17, 15) is 4.21 Å². The number of benzene rings is 2. The zero-order valence-electron chi connectivity index (χ0n) is 12.6. The average molecular weight is 308 g/mol. The molecular weight excluding hydrogens is 288 g/mol. The van der Waals surface area contributed by atoms with Crippen LogP contribution in [0.2, 0.25) is 0 Å². The molecule has 0 amide bonds. The Morgan fingerprint density at radius 3 is 2.36 bits per heavy atom. The van der Waals surface area contributed by atoms with Crippen LogP contribution in [0.5, 0.6) is 0 Å². The molecule has 2 bridgehead atoms. The fourth-order valence-corrected chi connectivity index (χ4v) is 5.56. The highest BCUT2D eigenvalue weighted by atomic mass is 32.2. The van der Waals surface area contributed by atoms with Crippen molar-refractivity contribution in [3.63, 3.8) is 0 Å². The van der Waals surface area contributed by atoms with Gasteiger partial charge in [-0.25, -0.2) is 0 Å². The summed E-state index contributed by atoms with van der Waals surface area (Å²) in [5.74, 6) is 0. The molecule has 22 heavy (non-hydrogen) atoms. The first-order valence-electron chi connectivity index (χ1n) is 8.03. The summed E-state index contributed by atoms with van der Waals surface area (Å²) in [5, 5.41) is 0.755. The molecule has 3 unspecified atom stereocenters. The lowest BCUT2D eigenvalue weighted by atomic mass is 9.98. The maximum Gasteiger partial charge on any atom is 0.0533 e. The van der Waals surface area contributed by atoms with Gasteiger partial charge in [0, 0.05) is 16.0 Å². The van der Waals surface area contributed by atoms with Crippen molar-refractivity contribution in [1.29, 1.82) is 0 Å². The molecule has 2 aliphatic heterocycles. The van der Waals surface area contributed by atoms with E-state index in [-0.39, 0.29) is 0 Å². The zero-order valence-corrected chi connectivity index (χ0v) is 13.4. The normalized spacial score (nSPS) is 26.7. The largest absolute Gasteiger partial charge is 0.259 e. The molecule has 0 spiro atoms. The fourth-order valence-electron chi connectivity index (χ4n) is 3.63. The van der Waals surface area contributed by atoms with Crippen molar-refractivity contribution in [2.45, 2.75) is 36.2 Å². The Labute approximate surface area is 134 Å². The van der Waals surface area contributed by atoms with Crippen molar-refractivity contribution >= 4 is 10.8 Å². The summed E-state index contributed by atoms with van der Waals surface area (Å²) in [5.41, 5.74) is 5.38. The predicted octanol–water partition coefficient (Wildman–Crippen LogP) is 4.51. The van der Waals surface area contributed by atoms with Crippen molar-refractivity contribution in [1.82, 2.24) is 0 Å². The monoisotopic (exact) mass is 308 g/mol. The molecule has 1 fully saturated rings. The summed E-state index contributed by atoms with van der Waals surface area (Å²) in [4.78, 5) is 0. The Bertz CT molecular complexity index is 715. The van der Waals surface area contributed by atoms with Crippen LogP contribution < -0.4 is 0 Å². The van der Waals surface area contributed by atoms with Gasteiger partial charge in [-0.3, -0.25) is 4.21 Å². The Balaban J connectivity index is 1.51. The van der Waals surface area contributed by atoms with Gasteiger partial charge in [-0.15, -0.1) is 0 Å². The van der Waals surface area contributed by atoms with Crippen LogP contribution in [0, 0.1) is 0 Å². The predicted molar refractivity (Wildman–Crippen MR) is 93.2 cm³/mol. The van der Waals surface area contributed by atoms with Crippen LogP contribution in [0.25, 0.3) is 11.1 Å². The van der Waals surface area contributed by atoms with Crippen LogP contribution >= 0.6 is 0 Å². The van der Waals surface area contributed by atoms with Crippen molar-refractivity contribution < 1.29 is 4.21 Å². The van der Waals surface area contributed by atoms with Gasteiger partial charge in [-0.05, 0) is 42.4 Å². The topological polar surface area (TPSA) is 17.1 Å². The second-order valence-electron chi connectivity index (χ2n) is 6.34. The molecule has 2 heterocycles. The van der Waals surface area contributed by atoms with Gasteiger partial charge < -0.3 is 0 Å². The molecule has 0 aromatic heterocycles. The van der Waals surface area contributed by atoms with E-state index in [1.54, 1.807) is 0 Å². The molecule has 4 rings (SSSR count). The van der Waals surface area contributed by atoms with E-state index in [0.29, 0.717) is 10.5 Å². The van der Waals surface area contributed by atoms with Crippen molar-refractivity contribution in [3.8, 4) is 11.1 Å². The summed E-state index contributed by atoms with van der Waals surface area (Å²) >= 11 is 0. The molecule has 0 N–H and O–H groups in total. The van der Waals surface area contributed by atoms with Crippen LogP contribution in [0.1, 0.15) is 24.8 Å². The lowest BCUT2D eigenvalue weighted by Crippen LogP contribution is -2.20. The van der Waals surface area contributed by atoms with E-state index in [1.807, 2.05) is 6.07 Å². The molecule has 0 radical (unpaired) electrons. The van der Waals surface area contributed by atoms with E-state index < -0.39 is 10.8 Å². The third kappa shape index (κ3) is 2.68. The Morgan fingerprint density at radius 2 is 1.64 bits per heavy atom. The first-order chi connectivity index (χ1) is 10.8. The smallest absolute Gasteiger partial charge is 0.0533 e. The number of allylic oxidation sites excluding steroid dienone is 1. The third-order valence-corrected chi connectivity index (χ3v) is 6.83. The summed E-state index contributed by atoms with van der Waals surface area (Å²) < 4.78 is 12.1. The van der Waals surface area contributed by atoms with Gasteiger partial charge in [0.1, 0.15) is 0 Å². The quantitative estimate of drug-likeness (QED) is 0.763. The van der Waals surface area contributed by atoms with E-state index in [4.69, 9.17) is 0 Å². The van der Waals surface area contributed by atoms with Gasteiger partial charge in [0.05, 0.1) is 5.25 Å². The van der Waals surface area contributed by atoms with Gasteiger partial charge >= 0.3 is 0 Å². The maximum absolute atomic E-state index is 12.1. The SMILES string of the molecule is O=S1C2C=C(Cc3ccc(-c4ccccc4)cc3)CC1CC2. The van der Waals surface area contributed by atoms with E-state index >= 15 is 0 Å². The molecule has 2 aliphatic rings.